The maximum absolute atomic E-state index is 6.49. The molecule has 146 valence electrons. The number of hydrogen-bond acceptors (Lipinski definition) is 2. The van der Waals surface area contributed by atoms with Gasteiger partial charge in [0.15, 0.2) is 0 Å². The molecule has 0 bridgehead atoms. The molecule has 2 aromatic carbocycles. The molecule has 0 radical (unpaired) electrons. The van der Waals surface area contributed by atoms with Crippen molar-refractivity contribution in [2.24, 2.45) is 7.05 Å². The number of halogens is 2. The molecule has 0 fully saturated rings. The molecule has 0 spiro atoms. The molecule has 1 unspecified atom stereocenters. The summed E-state index contributed by atoms with van der Waals surface area (Å²) in [7, 11) is 1.91. The van der Waals surface area contributed by atoms with Crippen molar-refractivity contribution in [3.63, 3.8) is 0 Å². The summed E-state index contributed by atoms with van der Waals surface area (Å²) in [5, 5.41) is 12.7. The molecule has 4 rings (SSSR count). The van der Waals surface area contributed by atoms with E-state index >= 15 is 0 Å². The molecule has 0 aliphatic rings. The molecule has 0 saturated heterocycles. The van der Waals surface area contributed by atoms with E-state index in [2.05, 4.69) is 50.3 Å². The first-order valence-electron chi connectivity index (χ1n) is 9.61. The first-order valence-corrected chi connectivity index (χ1v) is 10.4. The number of fused-ring (bicyclic) bond motifs is 2. The van der Waals surface area contributed by atoms with Crippen LogP contribution < -0.4 is 0 Å². The molecule has 4 nitrogen and oxygen atoms in total. The minimum Gasteiger partial charge on any atom is -0.271 e. The van der Waals surface area contributed by atoms with E-state index in [0.717, 1.165) is 44.8 Å². The predicted molar refractivity (Wildman–Crippen MR) is 118 cm³/mol. The van der Waals surface area contributed by atoms with Crippen LogP contribution in [-0.4, -0.2) is 19.6 Å². The van der Waals surface area contributed by atoms with Crippen molar-refractivity contribution in [3.05, 3.63) is 57.8 Å². The Hall–Kier alpha value is -2.04. The second-order valence-corrected chi connectivity index (χ2v) is 8.70. The molecule has 0 aliphatic heterocycles. The monoisotopic (exact) mass is 414 g/mol. The summed E-state index contributed by atoms with van der Waals surface area (Å²) in [6, 6.07) is 8.46. The summed E-state index contributed by atoms with van der Waals surface area (Å²) in [5.74, 6) is 0.800. The smallest absolute Gasteiger partial charge is 0.111 e. The van der Waals surface area contributed by atoms with Gasteiger partial charge < -0.3 is 0 Å². The fourth-order valence-corrected chi connectivity index (χ4v) is 4.31. The van der Waals surface area contributed by atoms with E-state index in [1.165, 1.54) is 11.1 Å². The second kappa shape index (κ2) is 7.41. The van der Waals surface area contributed by atoms with Crippen molar-refractivity contribution in [1.29, 1.82) is 0 Å². The van der Waals surface area contributed by atoms with Gasteiger partial charge in [-0.3, -0.25) is 9.36 Å². The Morgan fingerprint density at radius 1 is 0.964 bits per heavy atom. The zero-order valence-corrected chi connectivity index (χ0v) is 18.1. The molecule has 6 heteroatoms. The second-order valence-electron chi connectivity index (χ2n) is 7.89. The van der Waals surface area contributed by atoms with Crippen LogP contribution in [0.5, 0.6) is 0 Å². The van der Waals surface area contributed by atoms with Gasteiger partial charge >= 0.3 is 0 Å². The normalized spacial score (nSPS) is 13.1. The SMILES string of the molecule is CC(C)c1cc(Cl)c2nn(CCC(C)c3cc(Cl)c4c(cnn4C)c3)cc2c1. The van der Waals surface area contributed by atoms with Crippen molar-refractivity contribution in [3.8, 4) is 0 Å². The molecule has 0 N–H and O–H groups in total. The summed E-state index contributed by atoms with van der Waals surface area (Å²) in [5.41, 5.74) is 4.32. The van der Waals surface area contributed by atoms with Crippen LogP contribution in [0.25, 0.3) is 21.8 Å². The van der Waals surface area contributed by atoms with E-state index in [9.17, 15) is 0 Å². The number of hydrogen-bond donors (Lipinski definition) is 0. The molecule has 28 heavy (non-hydrogen) atoms. The Morgan fingerprint density at radius 3 is 2.43 bits per heavy atom. The Bertz CT molecular complexity index is 1160. The molecule has 0 aliphatic carbocycles. The average Bonchev–Trinajstić information content (AvgIpc) is 3.23. The number of rotatable bonds is 5. The molecule has 1 atom stereocenters. The number of nitrogens with zero attached hydrogens (tertiary/aromatic N) is 4. The van der Waals surface area contributed by atoms with Gasteiger partial charge in [0.25, 0.3) is 0 Å². The number of benzene rings is 2. The van der Waals surface area contributed by atoms with Crippen LogP contribution in [0.2, 0.25) is 10.0 Å². The van der Waals surface area contributed by atoms with Crippen LogP contribution in [0.4, 0.5) is 0 Å². The van der Waals surface area contributed by atoms with Gasteiger partial charge in [-0.2, -0.15) is 10.2 Å². The summed E-state index contributed by atoms with van der Waals surface area (Å²) in [4.78, 5) is 0. The standard InChI is InChI=1S/C22H24Cl2N4/c1-13(2)15-7-18-12-28(26-21(18)19(23)9-15)6-5-14(3)16-8-17-11-25-27(4)22(17)20(24)10-16/h7-14H,5-6H2,1-4H3. The summed E-state index contributed by atoms with van der Waals surface area (Å²) >= 11 is 12.9. The Labute approximate surface area is 175 Å². The molecular weight excluding hydrogens is 391 g/mol. The van der Waals surface area contributed by atoms with Crippen molar-refractivity contribution in [2.75, 3.05) is 0 Å². The molecular formula is C22H24Cl2N4. The number of aryl methyl sites for hydroxylation is 2. The van der Waals surface area contributed by atoms with E-state index < -0.39 is 0 Å². The van der Waals surface area contributed by atoms with E-state index in [1.807, 2.05) is 28.7 Å². The van der Waals surface area contributed by atoms with Crippen molar-refractivity contribution in [1.82, 2.24) is 19.6 Å². The van der Waals surface area contributed by atoms with Crippen molar-refractivity contribution >= 4 is 45.0 Å². The zero-order valence-electron chi connectivity index (χ0n) is 16.6. The third-order valence-electron chi connectivity index (χ3n) is 5.47. The van der Waals surface area contributed by atoms with Crippen LogP contribution in [0.15, 0.2) is 36.7 Å². The van der Waals surface area contributed by atoms with Gasteiger partial charge in [-0.15, -0.1) is 0 Å². The highest BCUT2D eigenvalue weighted by molar-refractivity contribution is 6.35. The molecule has 0 saturated carbocycles. The highest BCUT2D eigenvalue weighted by Crippen LogP contribution is 2.31. The predicted octanol–water partition coefficient (Wildman–Crippen LogP) is 6.55. The lowest BCUT2D eigenvalue weighted by atomic mass is 9.96. The Morgan fingerprint density at radius 2 is 1.68 bits per heavy atom. The minimum atomic E-state index is 0.358. The third-order valence-corrected chi connectivity index (χ3v) is 6.04. The topological polar surface area (TPSA) is 35.6 Å². The number of aromatic nitrogens is 4. The fraction of sp³-hybridized carbons (Fsp3) is 0.364. The molecule has 2 heterocycles. The first-order chi connectivity index (χ1) is 13.3. The van der Waals surface area contributed by atoms with Crippen LogP contribution in [-0.2, 0) is 13.6 Å². The van der Waals surface area contributed by atoms with E-state index in [0.29, 0.717) is 11.8 Å². The third kappa shape index (κ3) is 3.51. The molecule has 0 amide bonds. The van der Waals surface area contributed by atoms with E-state index in [1.54, 1.807) is 0 Å². The van der Waals surface area contributed by atoms with Gasteiger partial charge in [0.05, 0.1) is 21.8 Å². The quantitative estimate of drug-likeness (QED) is 0.371. The van der Waals surface area contributed by atoms with Gasteiger partial charge in [-0.1, -0.05) is 44.0 Å². The summed E-state index contributed by atoms with van der Waals surface area (Å²) in [6.07, 6.45) is 4.92. The highest BCUT2D eigenvalue weighted by Gasteiger charge is 2.13. The lowest BCUT2D eigenvalue weighted by Gasteiger charge is -2.13. The molecule has 2 aromatic heterocycles. The Balaban J connectivity index is 1.55. The van der Waals surface area contributed by atoms with Crippen molar-refractivity contribution in [2.45, 2.75) is 45.6 Å². The van der Waals surface area contributed by atoms with E-state index in [-0.39, 0.29) is 0 Å². The maximum Gasteiger partial charge on any atom is 0.111 e. The summed E-state index contributed by atoms with van der Waals surface area (Å²) in [6.45, 7) is 7.40. The van der Waals surface area contributed by atoms with Crippen molar-refractivity contribution < 1.29 is 0 Å². The lowest BCUT2D eigenvalue weighted by Crippen LogP contribution is -2.03. The largest absolute Gasteiger partial charge is 0.271 e. The fourth-order valence-electron chi connectivity index (χ4n) is 3.68. The first kappa shape index (κ1) is 19.3. The Kier molecular flexibility index (Phi) is 5.11. The van der Waals surface area contributed by atoms with Crippen LogP contribution in [0, 0.1) is 0 Å². The van der Waals surface area contributed by atoms with Gasteiger partial charge in [0.2, 0.25) is 0 Å². The van der Waals surface area contributed by atoms with Gasteiger partial charge in [0.1, 0.15) is 5.52 Å². The molecule has 4 aromatic rings. The van der Waals surface area contributed by atoms with Gasteiger partial charge in [0, 0.05) is 30.6 Å². The maximum atomic E-state index is 6.49. The van der Waals surface area contributed by atoms with Gasteiger partial charge in [-0.05, 0) is 53.6 Å². The van der Waals surface area contributed by atoms with Crippen LogP contribution in [0.3, 0.4) is 0 Å². The van der Waals surface area contributed by atoms with Crippen LogP contribution >= 0.6 is 23.2 Å². The highest BCUT2D eigenvalue weighted by atomic mass is 35.5. The minimum absolute atomic E-state index is 0.358. The van der Waals surface area contributed by atoms with E-state index in [4.69, 9.17) is 28.3 Å². The lowest BCUT2D eigenvalue weighted by molar-refractivity contribution is 0.537. The summed E-state index contributed by atoms with van der Waals surface area (Å²) < 4.78 is 3.82. The van der Waals surface area contributed by atoms with Crippen LogP contribution in [0.1, 0.15) is 50.2 Å². The van der Waals surface area contributed by atoms with Gasteiger partial charge in [-0.25, -0.2) is 0 Å². The zero-order chi connectivity index (χ0) is 20.0. The average molecular weight is 415 g/mol.